The van der Waals surface area contributed by atoms with E-state index in [4.69, 9.17) is 9.47 Å². The summed E-state index contributed by atoms with van der Waals surface area (Å²) in [6.07, 6.45) is 0. The van der Waals surface area contributed by atoms with Gasteiger partial charge in [-0.05, 0) is 13.8 Å². The molecule has 160 valence electrons. The van der Waals surface area contributed by atoms with Gasteiger partial charge < -0.3 is 29.5 Å². The van der Waals surface area contributed by atoms with Crippen molar-refractivity contribution in [2.45, 2.75) is 78.2 Å². The molecule has 0 aromatic rings. The molecule has 0 saturated carbocycles. The van der Waals surface area contributed by atoms with Crippen molar-refractivity contribution in [2.75, 3.05) is 26.2 Å². The number of likely N-dealkylation sites (tertiary alicyclic amines) is 2. The molecular formula is C20H34N2O6. The van der Waals surface area contributed by atoms with Crippen LogP contribution in [0.25, 0.3) is 0 Å². The number of hydrogen-bond donors (Lipinski definition) is 2. The van der Waals surface area contributed by atoms with Crippen LogP contribution in [0, 0.1) is 10.8 Å². The van der Waals surface area contributed by atoms with Gasteiger partial charge in [-0.25, -0.2) is 0 Å². The van der Waals surface area contributed by atoms with E-state index >= 15 is 0 Å². The molecule has 28 heavy (non-hydrogen) atoms. The third-order valence-electron chi connectivity index (χ3n) is 6.09. The van der Waals surface area contributed by atoms with E-state index in [-0.39, 0.29) is 38.0 Å². The Hall–Kier alpha value is -1.22. The fourth-order valence-corrected chi connectivity index (χ4v) is 4.42. The maximum Gasteiger partial charge on any atom is 0.228 e. The number of hydrogen-bond acceptors (Lipinski definition) is 6. The summed E-state index contributed by atoms with van der Waals surface area (Å²) < 4.78 is 12.2. The summed E-state index contributed by atoms with van der Waals surface area (Å²) in [6, 6.07) is 0. The van der Waals surface area contributed by atoms with E-state index in [2.05, 4.69) is 0 Å². The van der Waals surface area contributed by atoms with Crippen molar-refractivity contribution < 1.29 is 29.3 Å². The third-order valence-corrected chi connectivity index (χ3v) is 6.09. The fourth-order valence-electron chi connectivity index (χ4n) is 4.42. The molecule has 8 heteroatoms. The molecule has 2 amide bonds. The van der Waals surface area contributed by atoms with Crippen molar-refractivity contribution in [2.24, 2.45) is 10.8 Å². The Labute approximate surface area is 166 Å². The Morgan fingerprint density at radius 1 is 0.714 bits per heavy atom. The van der Waals surface area contributed by atoms with Crippen LogP contribution in [0.5, 0.6) is 0 Å². The van der Waals surface area contributed by atoms with Gasteiger partial charge in [-0.1, -0.05) is 41.5 Å². The topological polar surface area (TPSA) is 99.5 Å². The molecule has 8 nitrogen and oxygen atoms in total. The number of ether oxygens (including phenoxy) is 2. The van der Waals surface area contributed by atoms with Crippen LogP contribution in [0.4, 0.5) is 0 Å². The maximum absolute atomic E-state index is 12.7. The molecule has 3 saturated heterocycles. The first-order valence-corrected chi connectivity index (χ1v) is 9.80. The smallest absolute Gasteiger partial charge is 0.228 e. The molecule has 3 rings (SSSR count). The summed E-state index contributed by atoms with van der Waals surface area (Å²) in [5.41, 5.74) is -3.87. The number of carbonyl (C=O) groups excluding carboxylic acids is 2. The van der Waals surface area contributed by atoms with Crippen molar-refractivity contribution in [3.63, 3.8) is 0 Å². The highest BCUT2D eigenvalue weighted by Crippen LogP contribution is 2.52. The normalized spacial score (nSPS) is 41.1. The van der Waals surface area contributed by atoms with Gasteiger partial charge in [0, 0.05) is 10.8 Å². The predicted octanol–water partition coefficient (Wildman–Crippen LogP) is 0.704. The lowest BCUT2D eigenvalue weighted by Gasteiger charge is -2.54. The Kier molecular flexibility index (Phi) is 4.36. The Morgan fingerprint density at radius 3 is 1.25 bits per heavy atom. The summed E-state index contributed by atoms with van der Waals surface area (Å²) in [5, 5.41) is 22.6. The minimum atomic E-state index is -1.78. The summed E-state index contributed by atoms with van der Waals surface area (Å²) in [5.74, 6) is -3.82. The van der Waals surface area contributed by atoms with Gasteiger partial charge in [-0.2, -0.15) is 0 Å². The van der Waals surface area contributed by atoms with Crippen LogP contribution in [-0.2, 0) is 19.1 Å². The van der Waals surface area contributed by atoms with Crippen LogP contribution >= 0.6 is 0 Å². The van der Waals surface area contributed by atoms with Gasteiger partial charge in [0.2, 0.25) is 23.4 Å². The van der Waals surface area contributed by atoms with Gasteiger partial charge in [0.1, 0.15) is 11.2 Å². The lowest BCUT2D eigenvalue weighted by molar-refractivity contribution is -0.454. The summed E-state index contributed by atoms with van der Waals surface area (Å²) in [4.78, 5) is 28.5. The van der Waals surface area contributed by atoms with Gasteiger partial charge >= 0.3 is 0 Å². The SMILES string of the molecule is CC(C)(C)C(=O)N1C[C@]2(C)O[C@@]3(O)CN(C(=O)C(C)(C)C)C[C@]3(C)O[C@@]2(O)C1. The molecule has 0 aromatic carbocycles. The van der Waals surface area contributed by atoms with Crippen LogP contribution in [0.15, 0.2) is 0 Å². The molecule has 0 spiro atoms. The molecule has 0 aromatic heterocycles. The second-order valence-corrected chi connectivity index (χ2v) is 11.1. The number of carbonyl (C=O) groups is 2. The first-order valence-electron chi connectivity index (χ1n) is 9.80. The highest BCUT2D eigenvalue weighted by Gasteiger charge is 2.73. The van der Waals surface area contributed by atoms with Gasteiger partial charge in [-0.3, -0.25) is 9.59 Å². The zero-order chi connectivity index (χ0) is 21.6. The number of aliphatic hydroxyl groups is 2. The van der Waals surface area contributed by atoms with Gasteiger partial charge in [-0.15, -0.1) is 0 Å². The number of amides is 2. The predicted molar refractivity (Wildman–Crippen MR) is 101 cm³/mol. The zero-order valence-electron chi connectivity index (χ0n) is 18.3. The minimum Gasteiger partial charge on any atom is -0.362 e. The van der Waals surface area contributed by atoms with Crippen molar-refractivity contribution in [3.8, 4) is 0 Å². The van der Waals surface area contributed by atoms with E-state index in [0.29, 0.717) is 0 Å². The Balaban J connectivity index is 1.90. The standard InChI is InChI=1S/C20H34N2O6/c1-15(2,3)13(23)21-9-17(7)19(25,11-21)28-18(8)10-22(12-20(18,26)27-17)14(24)16(4,5)6/h25-26H,9-12H2,1-8H3/t17-,18-,19-,20-/m0/s1. The zero-order valence-corrected chi connectivity index (χ0v) is 18.3. The second kappa shape index (κ2) is 5.68. The lowest BCUT2D eigenvalue weighted by atomic mass is 9.89. The van der Waals surface area contributed by atoms with Crippen LogP contribution in [0.1, 0.15) is 55.4 Å². The molecular weight excluding hydrogens is 364 g/mol. The van der Waals surface area contributed by atoms with Crippen molar-refractivity contribution in [3.05, 3.63) is 0 Å². The number of nitrogens with zero attached hydrogens (tertiary/aromatic N) is 2. The molecule has 3 aliphatic heterocycles. The molecule has 0 aliphatic carbocycles. The van der Waals surface area contributed by atoms with Gasteiger partial charge in [0.25, 0.3) is 0 Å². The Morgan fingerprint density at radius 2 is 1.00 bits per heavy atom. The van der Waals surface area contributed by atoms with Crippen molar-refractivity contribution in [1.29, 1.82) is 0 Å². The molecule has 0 radical (unpaired) electrons. The molecule has 3 fully saturated rings. The molecule has 4 atom stereocenters. The monoisotopic (exact) mass is 398 g/mol. The molecule has 0 unspecified atom stereocenters. The van der Waals surface area contributed by atoms with E-state index in [9.17, 15) is 19.8 Å². The number of β-amino-alcohol motifs (C(OH)–C–C–N with tert-alkyl or cyclic N) is 2. The summed E-state index contributed by atoms with van der Waals surface area (Å²) in [6.45, 7) is 14.2. The lowest BCUT2D eigenvalue weighted by Crippen LogP contribution is -2.73. The summed E-state index contributed by atoms with van der Waals surface area (Å²) >= 11 is 0. The second-order valence-electron chi connectivity index (χ2n) is 11.1. The average molecular weight is 399 g/mol. The molecule has 2 N–H and O–H groups in total. The van der Waals surface area contributed by atoms with Crippen LogP contribution in [0.2, 0.25) is 0 Å². The first-order chi connectivity index (χ1) is 12.4. The third kappa shape index (κ3) is 2.96. The molecule has 3 aliphatic rings. The molecule has 0 bridgehead atoms. The summed E-state index contributed by atoms with van der Waals surface area (Å²) in [7, 11) is 0. The molecule has 3 heterocycles. The Bertz CT molecular complexity index is 620. The van der Waals surface area contributed by atoms with E-state index < -0.39 is 33.6 Å². The number of rotatable bonds is 0. The quantitative estimate of drug-likeness (QED) is 0.623. The van der Waals surface area contributed by atoms with E-state index in [0.717, 1.165) is 0 Å². The van der Waals surface area contributed by atoms with Crippen LogP contribution < -0.4 is 0 Å². The largest absolute Gasteiger partial charge is 0.362 e. The van der Waals surface area contributed by atoms with E-state index in [1.807, 2.05) is 41.5 Å². The van der Waals surface area contributed by atoms with Crippen molar-refractivity contribution >= 4 is 11.8 Å². The highest BCUT2D eigenvalue weighted by molar-refractivity contribution is 5.82. The number of fused-ring (bicyclic) bond motifs is 2. The minimum absolute atomic E-state index is 0.0571. The van der Waals surface area contributed by atoms with E-state index in [1.54, 1.807) is 13.8 Å². The van der Waals surface area contributed by atoms with Gasteiger partial charge in [0.15, 0.2) is 0 Å². The highest BCUT2D eigenvalue weighted by atomic mass is 16.8. The van der Waals surface area contributed by atoms with Crippen LogP contribution in [-0.4, -0.2) is 80.8 Å². The first kappa shape index (κ1) is 21.5. The van der Waals surface area contributed by atoms with Crippen molar-refractivity contribution in [1.82, 2.24) is 9.80 Å². The van der Waals surface area contributed by atoms with Crippen LogP contribution in [0.3, 0.4) is 0 Å². The average Bonchev–Trinajstić information content (AvgIpc) is 2.87. The van der Waals surface area contributed by atoms with E-state index in [1.165, 1.54) is 9.80 Å². The van der Waals surface area contributed by atoms with Gasteiger partial charge in [0.05, 0.1) is 26.2 Å². The maximum atomic E-state index is 12.7. The fraction of sp³-hybridized carbons (Fsp3) is 0.900.